The summed E-state index contributed by atoms with van der Waals surface area (Å²) in [6.45, 7) is 1.97. The highest BCUT2D eigenvalue weighted by atomic mass is 16.3. The molecule has 0 bridgehead atoms. The zero-order valence-corrected chi connectivity index (χ0v) is 15.0. The third kappa shape index (κ3) is 4.58. The number of hydrogen-bond acceptors (Lipinski definition) is 5. The van der Waals surface area contributed by atoms with Gasteiger partial charge < -0.3 is 20.2 Å². The maximum atomic E-state index is 5.30. The van der Waals surface area contributed by atoms with Gasteiger partial charge in [0.15, 0.2) is 12.2 Å². The highest BCUT2D eigenvalue weighted by Crippen LogP contribution is 2.20. The fourth-order valence-corrected chi connectivity index (χ4v) is 2.99. The van der Waals surface area contributed by atoms with Gasteiger partial charge >= 0.3 is 0 Å². The molecule has 0 saturated heterocycles. The number of nitrogens with zero attached hydrogens (tertiary/aromatic N) is 2. The number of aromatic nitrogens is 1. The summed E-state index contributed by atoms with van der Waals surface area (Å²) in [5.41, 5.74) is 11.0. The molecule has 0 radical (unpaired) electrons. The molecular weight excluding hydrogens is 336 g/mol. The van der Waals surface area contributed by atoms with E-state index in [0.717, 1.165) is 36.5 Å². The third-order valence-electron chi connectivity index (χ3n) is 4.49. The Bertz CT molecular complexity index is 899. The Balaban J connectivity index is 1.27. The Hall–Kier alpha value is -3.47. The first-order valence-electron chi connectivity index (χ1n) is 9.02. The normalized spacial score (nSPS) is 15.1. The lowest BCUT2D eigenvalue weighted by Gasteiger charge is -2.24. The van der Waals surface area contributed by atoms with E-state index in [2.05, 4.69) is 63.3 Å². The van der Waals surface area contributed by atoms with Gasteiger partial charge in [-0.2, -0.15) is 0 Å². The van der Waals surface area contributed by atoms with Gasteiger partial charge in [-0.05, 0) is 54.1 Å². The molecule has 2 heterocycles. The quantitative estimate of drug-likeness (QED) is 0.633. The second kappa shape index (κ2) is 8.27. The Morgan fingerprint density at radius 2 is 1.93 bits per heavy atom. The van der Waals surface area contributed by atoms with Crippen LogP contribution in [-0.4, -0.2) is 16.4 Å². The summed E-state index contributed by atoms with van der Waals surface area (Å²) >= 11 is 0. The molecule has 0 fully saturated rings. The maximum absolute atomic E-state index is 5.30. The molecule has 0 unspecified atom stereocenters. The van der Waals surface area contributed by atoms with Crippen LogP contribution in [0.2, 0.25) is 0 Å². The zero-order chi connectivity index (χ0) is 18.3. The average molecular weight is 358 g/mol. The van der Waals surface area contributed by atoms with E-state index < -0.39 is 0 Å². The van der Waals surface area contributed by atoms with E-state index >= 15 is 0 Å². The Kier molecular flexibility index (Phi) is 5.20. The molecule has 0 saturated carbocycles. The minimum atomic E-state index is 0.768. The summed E-state index contributed by atoms with van der Waals surface area (Å²) in [6, 6.07) is 18.6. The minimum Gasteiger partial charge on any atom is -0.444 e. The first-order chi connectivity index (χ1) is 13.4. The van der Waals surface area contributed by atoms with Gasteiger partial charge in [-0.15, -0.1) is 0 Å². The van der Waals surface area contributed by atoms with Crippen LogP contribution in [0.4, 0.5) is 5.69 Å². The van der Waals surface area contributed by atoms with Crippen LogP contribution in [0, 0.1) is 0 Å². The van der Waals surface area contributed by atoms with Crippen LogP contribution in [-0.2, 0) is 6.54 Å². The number of benzene rings is 2. The molecule has 3 aromatic rings. The van der Waals surface area contributed by atoms with E-state index in [0.29, 0.717) is 0 Å². The fraction of sp³-hybridized carbons (Fsp3) is 0.136. The summed E-state index contributed by atoms with van der Waals surface area (Å²) in [6.07, 6.45) is 10.5. The van der Waals surface area contributed by atoms with Gasteiger partial charge in [0.1, 0.15) is 0 Å². The summed E-state index contributed by atoms with van der Waals surface area (Å²) in [5, 5.41) is 0. The molecule has 0 spiro atoms. The average Bonchev–Trinajstić information content (AvgIpc) is 3.26. The van der Waals surface area contributed by atoms with Crippen molar-refractivity contribution in [3.05, 3.63) is 96.8 Å². The van der Waals surface area contributed by atoms with Gasteiger partial charge in [0.2, 0.25) is 0 Å². The molecule has 0 aliphatic carbocycles. The van der Waals surface area contributed by atoms with E-state index in [4.69, 9.17) is 4.42 Å². The summed E-state index contributed by atoms with van der Waals surface area (Å²) in [7, 11) is 0. The standard InChI is InChI=1S/C22H22N4O/c1-2-4-19(5-3-1)16-26-12-10-18(11-13-26)14-24-25-21-8-6-20(7-9-21)22-15-23-17-27-22/h1-10,12,14-15,17,24-25H,11,13,16H2. The van der Waals surface area contributed by atoms with E-state index in [1.54, 1.807) is 6.20 Å². The number of nitrogens with one attached hydrogen (secondary N) is 2. The van der Waals surface area contributed by atoms with Crippen LogP contribution >= 0.6 is 0 Å². The molecule has 136 valence electrons. The van der Waals surface area contributed by atoms with Crippen LogP contribution in [0.5, 0.6) is 0 Å². The van der Waals surface area contributed by atoms with Crippen molar-refractivity contribution in [2.24, 2.45) is 0 Å². The van der Waals surface area contributed by atoms with E-state index in [1.807, 2.05) is 30.5 Å². The molecule has 2 N–H and O–H groups in total. The van der Waals surface area contributed by atoms with Gasteiger partial charge in [-0.25, -0.2) is 4.98 Å². The number of rotatable bonds is 6. The lowest BCUT2D eigenvalue weighted by Crippen LogP contribution is -2.22. The first kappa shape index (κ1) is 17.0. The van der Waals surface area contributed by atoms with Crippen LogP contribution < -0.4 is 10.9 Å². The molecule has 5 nitrogen and oxygen atoms in total. The molecule has 2 aromatic carbocycles. The number of anilines is 1. The van der Waals surface area contributed by atoms with Crippen molar-refractivity contribution >= 4 is 5.69 Å². The number of oxazole rings is 1. The van der Waals surface area contributed by atoms with Crippen molar-refractivity contribution in [3.63, 3.8) is 0 Å². The van der Waals surface area contributed by atoms with Gasteiger partial charge in [0.25, 0.3) is 0 Å². The van der Waals surface area contributed by atoms with Crippen LogP contribution in [0.1, 0.15) is 12.0 Å². The maximum Gasteiger partial charge on any atom is 0.181 e. The van der Waals surface area contributed by atoms with Crippen molar-refractivity contribution in [2.75, 3.05) is 12.0 Å². The van der Waals surface area contributed by atoms with Gasteiger partial charge in [-0.3, -0.25) is 0 Å². The van der Waals surface area contributed by atoms with Gasteiger partial charge in [0, 0.05) is 24.9 Å². The molecule has 5 heteroatoms. The zero-order valence-electron chi connectivity index (χ0n) is 15.0. The number of hydrogen-bond donors (Lipinski definition) is 2. The van der Waals surface area contributed by atoms with E-state index in [9.17, 15) is 0 Å². The molecule has 0 amide bonds. The Morgan fingerprint density at radius 3 is 2.63 bits per heavy atom. The number of allylic oxidation sites excluding steroid dienone is 1. The third-order valence-corrected chi connectivity index (χ3v) is 4.49. The van der Waals surface area contributed by atoms with Crippen molar-refractivity contribution in [3.8, 4) is 11.3 Å². The Labute approximate surface area is 159 Å². The van der Waals surface area contributed by atoms with Crippen molar-refractivity contribution in [2.45, 2.75) is 13.0 Å². The Morgan fingerprint density at radius 1 is 1.07 bits per heavy atom. The number of hydrazine groups is 1. The first-order valence-corrected chi connectivity index (χ1v) is 9.02. The highest BCUT2D eigenvalue weighted by Gasteiger charge is 2.07. The molecule has 1 aliphatic rings. The second-order valence-electron chi connectivity index (χ2n) is 6.45. The summed E-state index contributed by atoms with van der Waals surface area (Å²) in [4.78, 5) is 6.27. The molecule has 1 aromatic heterocycles. The minimum absolute atomic E-state index is 0.768. The van der Waals surface area contributed by atoms with Crippen molar-refractivity contribution < 1.29 is 4.42 Å². The van der Waals surface area contributed by atoms with E-state index in [-0.39, 0.29) is 0 Å². The van der Waals surface area contributed by atoms with Gasteiger partial charge in [-0.1, -0.05) is 30.3 Å². The largest absolute Gasteiger partial charge is 0.444 e. The predicted molar refractivity (Wildman–Crippen MR) is 107 cm³/mol. The van der Waals surface area contributed by atoms with Crippen molar-refractivity contribution in [1.82, 2.24) is 15.3 Å². The second-order valence-corrected chi connectivity index (χ2v) is 6.45. The molecule has 4 rings (SSSR count). The smallest absolute Gasteiger partial charge is 0.181 e. The predicted octanol–water partition coefficient (Wildman–Crippen LogP) is 4.56. The molecule has 27 heavy (non-hydrogen) atoms. The SMILES string of the molecule is C1=CN(Cc2ccccc2)CCC1=CNNc1ccc(-c2cnco2)cc1. The van der Waals surface area contributed by atoms with Crippen LogP contribution in [0.3, 0.4) is 0 Å². The monoisotopic (exact) mass is 358 g/mol. The van der Waals surface area contributed by atoms with Gasteiger partial charge in [0.05, 0.1) is 11.9 Å². The van der Waals surface area contributed by atoms with E-state index in [1.165, 1.54) is 17.5 Å². The fourth-order valence-electron chi connectivity index (χ4n) is 2.99. The van der Waals surface area contributed by atoms with Crippen molar-refractivity contribution in [1.29, 1.82) is 0 Å². The lowest BCUT2D eigenvalue weighted by atomic mass is 10.1. The lowest BCUT2D eigenvalue weighted by molar-refractivity contribution is 0.364. The molecule has 1 aliphatic heterocycles. The molecule has 0 atom stereocenters. The van der Waals surface area contributed by atoms with Crippen LogP contribution in [0.25, 0.3) is 11.3 Å². The summed E-state index contributed by atoms with van der Waals surface area (Å²) in [5.74, 6) is 0.768. The summed E-state index contributed by atoms with van der Waals surface area (Å²) < 4.78 is 5.30. The van der Waals surface area contributed by atoms with Crippen LogP contribution in [0.15, 0.2) is 95.7 Å². The topological polar surface area (TPSA) is 53.3 Å². The molecular formula is C22H22N4O. The highest BCUT2D eigenvalue weighted by molar-refractivity contribution is 5.60.